The Morgan fingerprint density at radius 3 is 2.54 bits per heavy atom. The molecule has 2 rings (SSSR count). The number of benzene rings is 1. The molecule has 1 heterocycles. The number of hydrogen-bond acceptors (Lipinski definition) is 5. The topological polar surface area (TPSA) is 102 Å². The van der Waals surface area contributed by atoms with Crippen LogP contribution in [0.4, 0.5) is 24.5 Å². The summed E-state index contributed by atoms with van der Waals surface area (Å²) < 4.78 is 38.0. The molecule has 7 nitrogen and oxygen atoms in total. The number of alkyl halides is 3. The summed E-state index contributed by atoms with van der Waals surface area (Å²) >= 11 is 0. The molecule has 0 unspecified atom stereocenters. The van der Waals surface area contributed by atoms with E-state index in [0.29, 0.717) is 31.6 Å². The number of halogens is 3. The van der Waals surface area contributed by atoms with E-state index in [2.05, 4.69) is 5.32 Å². The molecule has 0 saturated carbocycles. The second-order valence-corrected chi connectivity index (χ2v) is 6.22. The SMILES string of the molecule is NCC1CCN(C(=O)CCNc2ccc(C(F)(F)F)cc2[N+](=O)[O-])CC1. The minimum absolute atomic E-state index is 0.0439. The van der Waals surface area contributed by atoms with E-state index in [9.17, 15) is 28.1 Å². The summed E-state index contributed by atoms with van der Waals surface area (Å²) in [6.45, 7) is 1.95. The summed E-state index contributed by atoms with van der Waals surface area (Å²) in [7, 11) is 0. The Labute approximate surface area is 148 Å². The van der Waals surface area contributed by atoms with Gasteiger partial charge in [-0.15, -0.1) is 0 Å². The summed E-state index contributed by atoms with van der Waals surface area (Å²) in [5.74, 6) is 0.328. The summed E-state index contributed by atoms with van der Waals surface area (Å²) in [6, 6.07) is 2.27. The number of nitro benzene ring substituents is 1. The van der Waals surface area contributed by atoms with Crippen molar-refractivity contribution < 1.29 is 22.9 Å². The average Bonchev–Trinajstić information content (AvgIpc) is 2.60. The van der Waals surface area contributed by atoms with Gasteiger partial charge in [0.15, 0.2) is 0 Å². The van der Waals surface area contributed by atoms with Crippen LogP contribution in [0.2, 0.25) is 0 Å². The first kappa shape index (κ1) is 20.0. The molecule has 1 saturated heterocycles. The van der Waals surface area contributed by atoms with Crippen molar-refractivity contribution in [1.29, 1.82) is 0 Å². The first-order valence-corrected chi connectivity index (χ1v) is 8.29. The third kappa shape index (κ3) is 5.07. The number of carbonyl (C=O) groups is 1. The fraction of sp³-hybridized carbons (Fsp3) is 0.562. The smallest absolute Gasteiger partial charge is 0.379 e. The third-order valence-electron chi connectivity index (χ3n) is 4.48. The Balaban J connectivity index is 1.93. The van der Waals surface area contributed by atoms with Crippen molar-refractivity contribution >= 4 is 17.3 Å². The van der Waals surface area contributed by atoms with Crippen molar-refractivity contribution in [1.82, 2.24) is 4.90 Å². The van der Waals surface area contributed by atoms with Gasteiger partial charge in [0, 0.05) is 32.1 Å². The third-order valence-corrected chi connectivity index (χ3v) is 4.48. The van der Waals surface area contributed by atoms with E-state index in [1.165, 1.54) is 0 Å². The molecule has 1 fully saturated rings. The highest BCUT2D eigenvalue weighted by Crippen LogP contribution is 2.34. The van der Waals surface area contributed by atoms with Crippen LogP contribution in [0, 0.1) is 16.0 Å². The van der Waals surface area contributed by atoms with Gasteiger partial charge in [0.2, 0.25) is 5.91 Å². The normalized spacial score (nSPS) is 15.8. The van der Waals surface area contributed by atoms with Gasteiger partial charge in [0.1, 0.15) is 5.69 Å². The van der Waals surface area contributed by atoms with Crippen molar-refractivity contribution in [2.45, 2.75) is 25.4 Å². The van der Waals surface area contributed by atoms with Crippen LogP contribution < -0.4 is 11.1 Å². The van der Waals surface area contributed by atoms with E-state index in [1.54, 1.807) is 4.90 Å². The summed E-state index contributed by atoms with van der Waals surface area (Å²) in [5.41, 5.74) is 3.80. The Kier molecular flexibility index (Phi) is 6.41. The molecule has 3 N–H and O–H groups in total. The molecular weight excluding hydrogens is 353 g/mol. The molecule has 1 aromatic carbocycles. The molecule has 0 bridgehead atoms. The zero-order chi connectivity index (χ0) is 19.3. The van der Waals surface area contributed by atoms with Crippen LogP contribution in [0.15, 0.2) is 18.2 Å². The molecular formula is C16H21F3N4O3. The number of rotatable bonds is 6. The highest BCUT2D eigenvalue weighted by atomic mass is 19.4. The molecule has 1 aliphatic rings. The van der Waals surface area contributed by atoms with E-state index < -0.39 is 22.4 Å². The number of nitrogens with two attached hydrogens (primary N) is 1. The van der Waals surface area contributed by atoms with Crippen molar-refractivity contribution in [2.24, 2.45) is 11.7 Å². The fourth-order valence-corrected chi connectivity index (χ4v) is 2.89. The second kappa shape index (κ2) is 8.35. The molecule has 26 heavy (non-hydrogen) atoms. The quantitative estimate of drug-likeness (QED) is 0.589. The first-order chi connectivity index (χ1) is 12.2. The highest BCUT2D eigenvalue weighted by molar-refractivity contribution is 5.77. The largest absolute Gasteiger partial charge is 0.416 e. The van der Waals surface area contributed by atoms with Crippen LogP contribution in [0.1, 0.15) is 24.8 Å². The van der Waals surface area contributed by atoms with Gasteiger partial charge >= 0.3 is 6.18 Å². The summed E-state index contributed by atoms with van der Waals surface area (Å²) in [6.07, 6.45) is -2.86. The number of piperidine rings is 1. The van der Waals surface area contributed by atoms with Crippen LogP contribution in [0.25, 0.3) is 0 Å². The van der Waals surface area contributed by atoms with Gasteiger partial charge in [0.25, 0.3) is 5.69 Å². The lowest BCUT2D eigenvalue weighted by atomic mass is 9.97. The van der Waals surface area contributed by atoms with Crippen LogP contribution in [-0.4, -0.2) is 41.9 Å². The first-order valence-electron chi connectivity index (χ1n) is 8.29. The number of likely N-dealkylation sites (tertiary alicyclic amines) is 1. The Morgan fingerprint density at radius 2 is 2.00 bits per heavy atom. The zero-order valence-electron chi connectivity index (χ0n) is 14.1. The molecule has 10 heteroatoms. The van der Waals surface area contributed by atoms with Gasteiger partial charge < -0.3 is 16.0 Å². The lowest BCUT2D eigenvalue weighted by Crippen LogP contribution is -2.40. The van der Waals surface area contributed by atoms with E-state index in [1.807, 2.05) is 0 Å². The van der Waals surface area contributed by atoms with E-state index in [0.717, 1.165) is 25.0 Å². The highest BCUT2D eigenvalue weighted by Gasteiger charge is 2.33. The minimum atomic E-state index is -4.66. The maximum Gasteiger partial charge on any atom is 0.416 e. The Hall–Kier alpha value is -2.36. The van der Waals surface area contributed by atoms with Crippen molar-refractivity contribution in [3.8, 4) is 0 Å². The number of nitrogens with zero attached hydrogens (tertiary/aromatic N) is 2. The predicted octanol–water partition coefficient (Wildman–Crippen LogP) is 2.61. The van der Waals surface area contributed by atoms with Crippen molar-refractivity contribution in [2.75, 3.05) is 31.5 Å². The van der Waals surface area contributed by atoms with Gasteiger partial charge in [-0.05, 0) is 37.4 Å². The van der Waals surface area contributed by atoms with Crippen LogP contribution in [0.3, 0.4) is 0 Å². The standard InChI is InChI=1S/C16H21F3N4O3/c17-16(18,19)12-1-2-13(14(9-12)23(25)26)21-6-3-15(24)22-7-4-11(10-20)5-8-22/h1-2,9,11,21H,3-8,10,20H2. The van der Waals surface area contributed by atoms with Gasteiger partial charge in [-0.2, -0.15) is 13.2 Å². The number of amides is 1. The molecule has 0 atom stereocenters. The summed E-state index contributed by atoms with van der Waals surface area (Å²) in [4.78, 5) is 24.0. The average molecular weight is 374 g/mol. The van der Waals surface area contributed by atoms with Crippen molar-refractivity contribution in [3.05, 3.63) is 33.9 Å². The van der Waals surface area contributed by atoms with Gasteiger partial charge in [-0.3, -0.25) is 14.9 Å². The number of anilines is 1. The molecule has 144 valence electrons. The second-order valence-electron chi connectivity index (χ2n) is 6.22. The van der Waals surface area contributed by atoms with Gasteiger partial charge in [0.05, 0.1) is 10.5 Å². The number of nitrogens with one attached hydrogen (secondary N) is 1. The molecule has 0 aliphatic carbocycles. The van der Waals surface area contributed by atoms with E-state index >= 15 is 0 Å². The monoisotopic (exact) mass is 374 g/mol. The van der Waals surface area contributed by atoms with Crippen LogP contribution >= 0.6 is 0 Å². The summed E-state index contributed by atoms with van der Waals surface area (Å²) in [5, 5.41) is 13.7. The van der Waals surface area contributed by atoms with Crippen LogP contribution in [-0.2, 0) is 11.0 Å². The molecule has 0 aromatic heterocycles. The molecule has 0 spiro atoms. The fourth-order valence-electron chi connectivity index (χ4n) is 2.89. The number of nitro groups is 1. The molecule has 1 amide bonds. The molecule has 1 aromatic rings. The lowest BCUT2D eigenvalue weighted by Gasteiger charge is -2.31. The minimum Gasteiger partial charge on any atom is -0.379 e. The number of carbonyl (C=O) groups excluding carboxylic acids is 1. The Morgan fingerprint density at radius 1 is 1.35 bits per heavy atom. The zero-order valence-corrected chi connectivity index (χ0v) is 14.1. The molecule has 0 radical (unpaired) electrons. The van der Waals surface area contributed by atoms with Gasteiger partial charge in [-0.1, -0.05) is 0 Å². The van der Waals surface area contributed by atoms with E-state index in [4.69, 9.17) is 5.73 Å². The lowest BCUT2D eigenvalue weighted by molar-refractivity contribution is -0.384. The maximum atomic E-state index is 12.7. The predicted molar refractivity (Wildman–Crippen MR) is 89.6 cm³/mol. The van der Waals surface area contributed by atoms with Crippen LogP contribution in [0.5, 0.6) is 0 Å². The molecule has 1 aliphatic heterocycles. The van der Waals surface area contributed by atoms with Crippen molar-refractivity contribution in [3.63, 3.8) is 0 Å². The maximum absolute atomic E-state index is 12.7. The Bertz CT molecular complexity index is 659. The van der Waals surface area contributed by atoms with Gasteiger partial charge in [-0.25, -0.2) is 0 Å². The number of hydrogen-bond donors (Lipinski definition) is 2. The van der Waals surface area contributed by atoms with E-state index in [-0.39, 0.29) is 24.6 Å².